The molecule has 1 N–H and O–H groups in total. The highest BCUT2D eigenvalue weighted by molar-refractivity contribution is 5.85. The summed E-state index contributed by atoms with van der Waals surface area (Å²) in [4.78, 5) is 24.7. The minimum atomic E-state index is -0.188. The largest absolute Gasteiger partial charge is 0.492 e. The summed E-state index contributed by atoms with van der Waals surface area (Å²) in [5.41, 5.74) is 1.01. The standard InChI is InChI=1S/C17H20N4O2/c1-20-8-9-21(10-14(20)16-18-6-7-19-16)17(22)13-11-23-15-5-3-2-4-12(13)15/h2-7,13-14H,8-11H2,1H3,(H,18,19)/t13-,14-/m1/s1. The van der Waals surface area contributed by atoms with Crippen LogP contribution in [0.15, 0.2) is 36.7 Å². The van der Waals surface area contributed by atoms with E-state index in [-0.39, 0.29) is 17.9 Å². The highest BCUT2D eigenvalue weighted by Gasteiger charge is 2.37. The molecular formula is C17H20N4O2. The maximum atomic E-state index is 13.0. The number of benzene rings is 1. The zero-order valence-corrected chi connectivity index (χ0v) is 13.1. The van der Waals surface area contributed by atoms with Crippen molar-refractivity contribution in [2.75, 3.05) is 33.3 Å². The van der Waals surface area contributed by atoms with Gasteiger partial charge in [-0.1, -0.05) is 18.2 Å². The Morgan fingerprint density at radius 2 is 2.22 bits per heavy atom. The third-order valence-corrected chi connectivity index (χ3v) is 4.79. The van der Waals surface area contributed by atoms with Crippen LogP contribution in [0.4, 0.5) is 0 Å². The average molecular weight is 312 g/mol. The summed E-state index contributed by atoms with van der Waals surface area (Å²) in [6.45, 7) is 2.68. The second-order valence-corrected chi connectivity index (χ2v) is 6.16. The zero-order chi connectivity index (χ0) is 15.8. The SMILES string of the molecule is CN1CCN(C(=O)[C@@H]2COc3ccccc32)C[C@@H]1c1ncc[nH]1. The fraction of sp³-hybridized carbons (Fsp3) is 0.412. The first kappa shape index (κ1) is 14.3. The van der Waals surface area contributed by atoms with Crippen molar-refractivity contribution in [2.24, 2.45) is 0 Å². The number of aromatic amines is 1. The quantitative estimate of drug-likeness (QED) is 0.910. The van der Waals surface area contributed by atoms with Crippen LogP contribution in [0.3, 0.4) is 0 Å². The first-order valence-corrected chi connectivity index (χ1v) is 7.94. The zero-order valence-electron chi connectivity index (χ0n) is 13.1. The lowest BCUT2D eigenvalue weighted by Gasteiger charge is -2.39. The van der Waals surface area contributed by atoms with Gasteiger partial charge < -0.3 is 14.6 Å². The number of fused-ring (bicyclic) bond motifs is 1. The molecular weight excluding hydrogens is 292 g/mol. The molecule has 1 fully saturated rings. The Kier molecular flexibility index (Phi) is 3.53. The number of H-pyrrole nitrogens is 1. The van der Waals surface area contributed by atoms with Gasteiger partial charge in [-0.05, 0) is 13.1 Å². The number of para-hydroxylation sites is 1. The number of piperazine rings is 1. The van der Waals surface area contributed by atoms with Gasteiger partial charge in [0.25, 0.3) is 0 Å². The minimum Gasteiger partial charge on any atom is -0.492 e. The Morgan fingerprint density at radius 1 is 1.35 bits per heavy atom. The summed E-state index contributed by atoms with van der Waals surface area (Å²) >= 11 is 0. The van der Waals surface area contributed by atoms with Crippen molar-refractivity contribution < 1.29 is 9.53 Å². The second kappa shape index (κ2) is 5.70. The van der Waals surface area contributed by atoms with Crippen LogP contribution >= 0.6 is 0 Å². The fourth-order valence-electron chi connectivity index (χ4n) is 3.42. The monoisotopic (exact) mass is 312 g/mol. The molecule has 0 unspecified atom stereocenters. The Balaban J connectivity index is 1.53. The number of imidazole rings is 1. The van der Waals surface area contributed by atoms with Crippen molar-refractivity contribution in [3.63, 3.8) is 0 Å². The minimum absolute atomic E-state index is 0.111. The average Bonchev–Trinajstić information content (AvgIpc) is 3.24. The molecule has 2 aliphatic heterocycles. The molecule has 120 valence electrons. The van der Waals surface area contributed by atoms with E-state index in [9.17, 15) is 4.79 Å². The molecule has 1 aromatic heterocycles. The smallest absolute Gasteiger partial charge is 0.233 e. The van der Waals surface area contributed by atoms with Gasteiger partial charge in [-0.3, -0.25) is 9.69 Å². The number of nitrogens with zero attached hydrogens (tertiary/aromatic N) is 3. The molecule has 0 bridgehead atoms. The second-order valence-electron chi connectivity index (χ2n) is 6.16. The molecule has 6 heteroatoms. The van der Waals surface area contributed by atoms with Crippen molar-refractivity contribution in [2.45, 2.75) is 12.0 Å². The van der Waals surface area contributed by atoms with Crippen molar-refractivity contribution in [3.05, 3.63) is 48.0 Å². The molecule has 2 aromatic rings. The molecule has 6 nitrogen and oxygen atoms in total. The van der Waals surface area contributed by atoms with Crippen LogP contribution < -0.4 is 4.74 Å². The maximum absolute atomic E-state index is 13.0. The van der Waals surface area contributed by atoms with Gasteiger partial charge in [-0.2, -0.15) is 0 Å². The number of likely N-dealkylation sites (N-methyl/N-ethyl adjacent to an activating group) is 1. The number of amides is 1. The van der Waals surface area contributed by atoms with Crippen LogP contribution in [-0.4, -0.2) is 59.0 Å². The predicted molar refractivity (Wildman–Crippen MR) is 85.2 cm³/mol. The van der Waals surface area contributed by atoms with Gasteiger partial charge in [0.15, 0.2) is 0 Å². The van der Waals surface area contributed by atoms with Crippen LogP contribution in [-0.2, 0) is 4.79 Å². The highest BCUT2D eigenvalue weighted by Crippen LogP contribution is 2.35. The number of rotatable bonds is 2. The van der Waals surface area contributed by atoms with Crippen molar-refractivity contribution in [1.29, 1.82) is 0 Å². The maximum Gasteiger partial charge on any atom is 0.233 e. The molecule has 0 saturated carbocycles. The van der Waals surface area contributed by atoms with Crippen LogP contribution in [0.1, 0.15) is 23.3 Å². The molecule has 1 aromatic carbocycles. The summed E-state index contributed by atoms with van der Waals surface area (Å²) in [5.74, 6) is 1.71. The molecule has 1 saturated heterocycles. The number of carbonyl (C=O) groups is 1. The Labute approximate surface area is 135 Å². The van der Waals surface area contributed by atoms with E-state index in [1.807, 2.05) is 35.4 Å². The van der Waals surface area contributed by atoms with E-state index in [4.69, 9.17) is 4.74 Å². The third kappa shape index (κ3) is 2.49. The van der Waals surface area contributed by atoms with Gasteiger partial charge >= 0.3 is 0 Å². The number of hydrogen-bond acceptors (Lipinski definition) is 4. The van der Waals surface area contributed by atoms with Crippen molar-refractivity contribution >= 4 is 5.91 Å². The lowest BCUT2D eigenvalue weighted by atomic mass is 9.99. The lowest BCUT2D eigenvalue weighted by molar-refractivity contribution is -0.136. The Hall–Kier alpha value is -2.34. The number of carbonyl (C=O) groups excluding carboxylic acids is 1. The van der Waals surface area contributed by atoms with Crippen LogP contribution in [0.5, 0.6) is 5.75 Å². The molecule has 3 heterocycles. The highest BCUT2D eigenvalue weighted by atomic mass is 16.5. The molecule has 1 amide bonds. The van der Waals surface area contributed by atoms with E-state index in [1.54, 1.807) is 6.20 Å². The predicted octanol–water partition coefficient (Wildman–Crippen LogP) is 1.40. The third-order valence-electron chi connectivity index (χ3n) is 4.79. The van der Waals surface area contributed by atoms with Crippen LogP contribution in [0, 0.1) is 0 Å². The van der Waals surface area contributed by atoms with Gasteiger partial charge in [0, 0.05) is 37.6 Å². The molecule has 2 aliphatic rings. The summed E-state index contributed by atoms with van der Waals surface area (Å²) in [5, 5.41) is 0. The summed E-state index contributed by atoms with van der Waals surface area (Å²) < 4.78 is 5.67. The first-order chi connectivity index (χ1) is 11.2. The summed E-state index contributed by atoms with van der Waals surface area (Å²) in [7, 11) is 2.07. The molecule has 4 rings (SSSR count). The van der Waals surface area contributed by atoms with Crippen LogP contribution in [0.2, 0.25) is 0 Å². The lowest BCUT2D eigenvalue weighted by Crippen LogP contribution is -2.50. The molecule has 2 atom stereocenters. The molecule has 0 aliphatic carbocycles. The summed E-state index contributed by atoms with van der Waals surface area (Å²) in [6, 6.07) is 7.93. The van der Waals surface area contributed by atoms with E-state index >= 15 is 0 Å². The Bertz CT molecular complexity index is 700. The molecule has 23 heavy (non-hydrogen) atoms. The van der Waals surface area contributed by atoms with Gasteiger partial charge in [0.05, 0.1) is 6.04 Å². The normalized spacial score (nSPS) is 24.3. The summed E-state index contributed by atoms with van der Waals surface area (Å²) in [6.07, 6.45) is 3.58. The number of hydrogen-bond donors (Lipinski definition) is 1. The number of nitrogens with one attached hydrogen (secondary N) is 1. The Morgan fingerprint density at radius 3 is 3.04 bits per heavy atom. The number of ether oxygens (including phenoxy) is 1. The van der Waals surface area contributed by atoms with Gasteiger partial charge in [0.2, 0.25) is 5.91 Å². The van der Waals surface area contributed by atoms with E-state index in [0.29, 0.717) is 13.2 Å². The van der Waals surface area contributed by atoms with Gasteiger partial charge in [-0.25, -0.2) is 4.98 Å². The van der Waals surface area contributed by atoms with Gasteiger partial charge in [0.1, 0.15) is 24.1 Å². The topological polar surface area (TPSA) is 61.5 Å². The van der Waals surface area contributed by atoms with Crippen molar-refractivity contribution in [1.82, 2.24) is 19.8 Å². The van der Waals surface area contributed by atoms with Gasteiger partial charge in [-0.15, -0.1) is 0 Å². The number of aromatic nitrogens is 2. The van der Waals surface area contributed by atoms with E-state index in [1.165, 1.54) is 0 Å². The van der Waals surface area contributed by atoms with Crippen molar-refractivity contribution in [3.8, 4) is 5.75 Å². The van der Waals surface area contributed by atoms with Crippen LogP contribution in [0.25, 0.3) is 0 Å². The molecule has 0 radical (unpaired) electrons. The molecule has 0 spiro atoms. The van der Waals surface area contributed by atoms with E-state index in [2.05, 4.69) is 21.9 Å². The fourth-order valence-corrected chi connectivity index (χ4v) is 3.42. The van der Waals surface area contributed by atoms with E-state index < -0.39 is 0 Å². The first-order valence-electron chi connectivity index (χ1n) is 7.94. The van der Waals surface area contributed by atoms with E-state index in [0.717, 1.165) is 30.2 Å².